The van der Waals surface area contributed by atoms with Crippen molar-refractivity contribution in [2.45, 2.75) is 87.1 Å². The maximum Gasteiger partial charge on any atom is 0.243 e. The van der Waals surface area contributed by atoms with E-state index in [-0.39, 0.29) is 21.9 Å². The number of ether oxygens (including phenoxy) is 1. The summed E-state index contributed by atoms with van der Waals surface area (Å²) in [5, 5.41) is 0. The lowest BCUT2D eigenvalue weighted by molar-refractivity contribution is 0.246. The molecule has 2 heterocycles. The first-order chi connectivity index (χ1) is 16.8. The van der Waals surface area contributed by atoms with Crippen molar-refractivity contribution in [2.75, 3.05) is 13.1 Å². The summed E-state index contributed by atoms with van der Waals surface area (Å²) < 4.78 is 61.8. The Hall–Kier alpha value is -1.94. The molecule has 2 fully saturated rings. The van der Waals surface area contributed by atoms with Crippen LogP contribution in [-0.2, 0) is 20.0 Å². The van der Waals surface area contributed by atoms with Crippen LogP contribution in [0.1, 0.15) is 65.2 Å². The molecule has 0 unspecified atom stereocenters. The average molecular weight is 521 g/mol. The molecular weight excluding hydrogens is 484 g/mol. The van der Waals surface area contributed by atoms with Crippen molar-refractivity contribution in [3.63, 3.8) is 0 Å². The molecule has 2 atom stereocenters. The standard InChI is InChI=1S/C26H36N2O5S2/c1-3-21-9-5-7-19-27(21)34(29,30)25-15-11-23(12-16-25)33-24-13-17-26(18-14-24)35(31,32)28-20-8-6-10-22(28)4-2/h11-18,21-22H,3-10,19-20H2,1-2H3/t21-,22-/m1/s1. The molecular formula is C26H36N2O5S2. The number of rotatable bonds is 8. The average Bonchev–Trinajstić information content (AvgIpc) is 2.89. The van der Waals surface area contributed by atoms with E-state index in [0.717, 1.165) is 51.4 Å². The third-order valence-corrected chi connectivity index (χ3v) is 11.1. The molecule has 0 aliphatic carbocycles. The summed E-state index contributed by atoms with van der Waals surface area (Å²) in [4.78, 5) is 0.525. The topological polar surface area (TPSA) is 84.0 Å². The predicted molar refractivity (Wildman–Crippen MR) is 137 cm³/mol. The Morgan fingerprint density at radius 3 is 1.37 bits per heavy atom. The quantitative estimate of drug-likeness (QED) is 0.466. The zero-order chi connectivity index (χ0) is 25.1. The van der Waals surface area contributed by atoms with E-state index in [4.69, 9.17) is 4.74 Å². The van der Waals surface area contributed by atoms with Crippen LogP contribution < -0.4 is 4.74 Å². The van der Waals surface area contributed by atoms with E-state index in [0.29, 0.717) is 24.6 Å². The second kappa shape index (κ2) is 11.0. The summed E-state index contributed by atoms with van der Waals surface area (Å²) >= 11 is 0. The van der Waals surface area contributed by atoms with Crippen molar-refractivity contribution in [2.24, 2.45) is 0 Å². The molecule has 0 bridgehead atoms. The minimum atomic E-state index is -3.55. The van der Waals surface area contributed by atoms with Gasteiger partial charge in [0, 0.05) is 25.2 Å². The molecule has 0 spiro atoms. The van der Waals surface area contributed by atoms with E-state index in [1.807, 2.05) is 13.8 Å². The smallest absolute Gasteiger partial charge is 0.243 e. The fourth-order valence-corrected chi connectivity index (χ4v) is 8.70. The van der Waals surface area contributed by atoms with Gasteiger partial charge in [0.1, 0.15) is 11.5 Å². The molecule has 2 aromatic rings. The number of hydrogen-bond acceptors (Lipinski definition) is 5. The zero-order valence-electron chi connectivity index (χ0n) is 20.6. The highest BCUT2D eigenvalue weighted by molar-refractivity contribution is 7.89. The summed E-state index contributed by atoms with van der Waals surface area (Å²) in [7, 11) is -7.09. The molecule has 2 aromatic carbocycles. The lowest BCUT2D eigenvalue weighted by Gasteiger charge is -2.34. The van der Waals surface area contributed by atoms with Gasteiger partial charge in [0.15, 0.2) is 0 Å². The fraction of sp³-hybridized carbons (Fsp3) is 0.538. The van der Waals surface area contributed by atoms with Gasteiger partial charge in [0.05, 0.1) is 9.79 Å². The van der Waals surface area contributed by atoms with E-state index in [2.05, 4.69) is 0 Å². The van der Waals surface area contributed by atoms with Gasteiger partial charge in [-0.25, -0.2) is 16.8 Å². The van der Waals surface area contributed by atoms with E-state index in [1.54, 1.807) is 57.1 Å². The van der Waals surface area contributed by atoms with Crippen molar-refractivity contribution in [3.8, 4) is 11.5 Å². The molecule has 0 saturated carbocycles. The third kappa shape index (κ3) is 5.58. The highest BCUT2D eigenvalue weighted by atomic mass is 32.2. The van der Waals surface area contributed by atoms with E-state index in [1.165, 1.54) is 0 Å². The fourth-order valence-electron chi connectivity index (χ4n) is 5.16. The molecule has 2 aliphatic heterocycles. The van der Waals surface area contributed by atoms with Gasteiger partial charge in [0.2, 0.25) is 20.0 Å². The Bertz CT molecular complexity index is 1100. The van der Waals surface area contributed by atoms with Gasteiger partial charge < -0.3 is 4.74 Å². The van der Waals surface area contributed by atoms with E-state index >= 15 is 0 Å². The Kier molecular flexibility index (Phi) is 8.20. The van der Waals surface area contributed by atoms with E-state index < -0.39 is 20.0 Å². The Morgan fingerprint density at radius 2 is 1.03 bits per heavy atom. The lowest BCUT2D eigenvalue weighted by atomic mass is 10.0. The molecule has 35 heavy (non-hydrogen) atoms. The molecule has 0 aromatic heterocycles. The maximum atomic E-state index is 13.2. The van der Waals surface area contributed by atoms with Gasteiger partial charge in [0.25, 0.3) is 0 Å². The van der Waals surface area contributed by atoms with Crippen LogP contribution in [0.25, 0.3) is 0 Å². The van der Waals surface area contributed by atoms with Gasteiger partial charge in [-0.1, -0.05) is 26.7 Å². The number of benzene rings is 2. The molecule has 0 amide bonds. The molecule has 7 nitrogen and oxygen atoms in total. The van der Waals surface area contributed by atoms with Gasteiger partial charge in [-0.15, -0.1) is 0 Å². The van der Waals surface area contributed by atoms with Gasteiger partial charge in [-0.2, -0.15) is 8.61 Å². The molecule has 2 saturated heterocycles. The van der Waals surface area contributed by atoms with Crippen LogP contribution in [-0.4, -0.2) is 50.6 Å². The van der Waals surface area contributed by atoms with Crippen LogP contribution in [0.4, 0.5) is 0 Å². The molecule has 0 N–H and O–H groups in total. The minimum absolute atomic E-state index is 0.0528. The highest BCUT2D eigenvalue weighted by Crippen LogP contribution is 2.31. The largest absolute Gasteiger partial charge is 0.457 e. The highest BCUT2D eigenvalue weighted by Gasteiger charge is 2.33. The molecule has 2 aliphatic rings. The van der Waals surface area contributed by atoms with Crippen molar-refractivity contribution in [1.29, 1.82) is 0 Å². The SMILES string of the molecule is CC[C@@H]1CCCCN1S(=O)(=O)c1ccc(Oc2ccc(S(=O)(=O)N3CCCC[C@H]3CC)cc2)cc1. The zero-order valence-corrected chi connectivity index (χ0v) is 22.2. The van der Waals surface area contributed by atoms with Crippen LogP contribution >= 0.6 is 0 Å². The number of sulfonamides is 2. The molecule has 9 heteroatoms. The van der Waals surface area contributed by atoms with Gasteiger partial charge in [-0.05, 0) is 87.1 Å². The van der Waals surface area contributed by atoms with Crippen molar-refractivity contribution in [3.05, 3.63) is 48.5 Å². The Balaban J connectivity index is 1.46. The van der Waals surface area contributed by atoms with Crippen molar-refractivity contribution >= 4 is 20.0 Å². The summed E-state index contributed by atoms with van der Waals surface area (Å²) in [6.45, 7) is 5.18. The van der Waals surface area contributed by atoms with Crippen LogP contribution in [0.2, 0.25) is 0 Å². The Morgan fingerprint density at radius 1 is 0.657 bits per heavy atom. The van der Waals surface area contributed by atoms with Crippen molar-refractivity contribution in [1.82, 2.24) is 8.61 Å². The van der Waals surface area contributed by atoms with Crippen LogP contribution in [0.15, 0.2) is 58.3 Å². The monoisotopic (exact) mass is 520 g/mol. The molecule has 0 radical (unpaired) electrons. The normalized spacial score (nSPS) is 22.7. The third-order valence-electron chi connectivity index (χ3n) is 7.19. The summed E-state index contributed by atoms with van der Waals surface area (Å²) in [5.74, 6) is 0.986. The minimum Gasteiger partial charge on any atom is -0.457 e. The van der Waals surface area contributed by atoms with Crippen molar-refractivity contribution < 1.29 is 21.6 Å². The lowest BCUT2D eigenvalue weighted by Crippen LogP contribution is -2.43. The summed E-state index contributed by atoms with van der Waals surface area (Å²) in [6.07, 6.45) is 7.33. The van der Waals surface area contributed by atoms with E-state index in [9.17, 15) is 16.8 Å². The maximum absolute atomic E-state index is 13.2. The Labute approximate surface area is 210 Å². The van der Waals surface area contributed by atoms with Crippen LogP contribution in [0.3, 0.4) is 0 Å². The number of nitrogens with zero attached hydrogens (tertiary/aromatic N) is 2. The number of piperidine rings is 2. The summed E-state index contributed by atoms with van der Waals surface area (Å²) in [6, 6.07) is 13.0. The van der Waals surface area contributed by atoms with Gasteiger partial charge in [-0.3, -0.25) is 0 Å². The van der Waals surface area contributed by atoms with Crippen LogP contribution in [0, 0.1) is 0 Å². The predicted octanol–water partition coefficient (Wildman–Crippen LogP) is 5.39. The first-order valence-corrected chi connectivity index (χ1v) is 15.6. The second-order valence-electron chi connectivity index (χ2n) is 9.39. The molecule has 4 rings (SSSR count). The second-order valence-corrected chi connectivity index (χ2v) is 13.2. The molecule has 192 valence electrons. The van der Waals surface area contributed by atoms with Crippen LogP contribution in [0.5, 0.6) is 11.5 Å². The summed E-state index contributed by atoms with van der Waals surface area (Å²) in [5.41, 5.74) is 0. The first-order valence-electron chi connectivity index (χ1n) is 12.7. The first kappa shape index (κ1) is 26.1. The van der Waals surface area contributed by atoms with Gasteiger partial charge >= 0.3 is 0 Å². The number of hydrogen-bond donors (Lipinski definition) is 0.